The van der Waals surface area contributed by atoms with E-state index in [4.69, 9.17) is 11.5 Å². The number of carbonyl (C=O) groups excluding carboxylic acids is 1. The summed E-state index contributed by atoms with van der Waals surface area (Å²) in [5, 5.41) is 19.5. The highest BCUT2D eigenvalue weighted by Gasteiger charge is 2.59. The largest absolute Gasteiger partial charge is 0.392 e. The van der Waals surface area contributed by atoms with E-state index >= 15 is 0 Å². The van der Waals surface area contributed by atoms with Crippen LogP contribution in [0.4, 0.5) is 5.69 Å². The van der Waals surface area contributed by atoms with Crippen molar-refractivity contribution >= 4 is 39.3 Å². The van der Waals surface area contributed by atoms with Crippen molar-refractivity contribution in [1.29, 1.82) is 10.5 Å². The number of nitriles is 2. The van der Waals surface area contributed by atoms with Gasteiger partial charge in [0.05, 0.1) is 33.3 Å². The number of halogens is 1. The smallest absolute Gasteiger partial charge is 0.248 e. The summed E-state index contributed by atoms with van der Waals surface area (Å²) in [5.41, 5.74) is 11.6. The van der Waals surface area contributed by atoms with Crippen LogP contribution in [0, 0.1) is 22.7 Å². The molecule has 0 radical (unpaired) electrons. The molecule has 1 spiro atoms. The molecule has 0 atom stereocenters. The number of nitrogens with two attached hydrogens (primary N) is 2. The van der Waals surface area contributed by atoms with Crippen molar-refractivity contribution < 1.29 is 4.79 Å². The first kappa shape index (κ1) is 15.5. The number of nitrogens with zero attached hydrogens (tertiary/aromatic N) is 3. The van der Waals surface area contributed by atoms with Crippen LogP contribution in [-0.4, -0.2) is 13.0 Å². The summed E-state index contributed by atoms with van der Waals surface area (Å²) in [6.07, 6.45) is 0. The van der Waals surface area contributed by atoms with Crippen LogP contribution < -0.4 is 16.4 Å². The molecule has 3 rings (SSSR count). The van der Waals surface area contributed by atoms with Crippen LogP contribution in [0.25, 0.3) is 0 Å². The number of benzene rings is 1. The third kappa shape index (κ3) is 1.76. The zero-order valence-electron chi connectivity index (χ0n) is 11.9. The van der Waals surface area contributed by atoms with Crippen LogP contribution in [0.5, 0.6) is 0 Å². The zero-order chi connectivity index (χ0) is 16.9. The standard InChI is InChI=1S/C15H10BrN5OS/c1-21-11-3-2-7(16)4-8(11)15(14(21)22)9(5-17)12(19)23-13(20)10(15)6-18/h2-4H,19-20H2,1H3. The third-order valence-electron chi connectivity index (χ3n) is 4.04. The second kappa shape index (κ2) is 5.05. The summed E-state index contributed by atoms with van der Waals surface area (Å²) in [6.45, 7) is 0. The Hall–Kier alpha value is -2.42. The first-order chi connectivity index (χ1) is 10.9. The molecule has 0 aliphatic carbocycles. The Morgan fingerprint density at radius 1 is 1.22 bits per heavy atom. The minimum absolute atomic E-state index is 0.0435. The molecule has 0 saturated heterocycles. The summed E-state index contributed by atoms with van der Waals surface area (Å²) in [4.78, 5) is 14.5. The van der Waals surface area contributed by atoms with Gasteiger partial charge in [0.25, 0.3) is 0 Å². The molecule has 1 amide bonds. The van der Waals surface area contributed by atoms with Crippen LogP contribution >= 0.6 is 27.7 Å². The summed E-state index contributed by atoms with van der Waals surface area (Å²) in [5.74, 6) is -0.412. The fraction of sp³-hybridized carbons (Fsp3) is 0.133. The van der Waals surface area contributed by atoms with E-state index in [1.165, 1.54) is 4.90 Å². The van der Waals surface area contributed by atoms with Crippen LogP contribution in [0.1, 0.15) is 5.56 Å². The van der Waals surface area contributed by atoms with Crippen molar-refractivity contribution in [3.05, 3.63) is 49.4 Å². The highest BCUT2D eigenvalue weighted by molar-refractivity contribution is 9.10. The molecule has 8 heteroatoms. The van der Waals surface area contributed by atoms with Crippen molar-refractivity contribution in [3.8, 4) is 12.1 Å². The number of anilines is 1. The van der Waals surface area contributed by atoms with Gasteiger partial charge in [-0.2, -0.15) is 10.5 Å². The molecule has 114 valence electrons. The number of hydrogen-bond donors (Lipinski definition) is 2. The summed E-state index contributed by atoms with van der Waals surface area (Å²) < 4.78 is 0.726. The lowest BCUT2D eigenvalue weighted by atomic mass is 9.70. The predicted octanol–water partition coefficient (Wildman–Crippen LogP) is 1.80. The SMILES string of the molecule is CN1C(=O)C2(C(C#N)=C(N)SC(N)=C2C#N)c2cc(Br)ccc21. The van der Waals surface area contributed by atoms with Crippen LogP contribution in [0.2, 0.25) is 0 Å². The van der Waals surface area contributed by atoms with E-state index in [-0.39, 0.29) is 21.2 Å². The van der Waals surface area contributed by atoms with Gasteiger partial charge in [0.15, 0.2) is 5.41 Å². The lowest BCUT2D eigenvalue weighted by molar-refractivity contribution is -0.120. The number of carbonyl (C=O) groups is 1. The van der Waals surface area contributed by atoms with Crippen molar-refractivity contribution in [2.75, 3.05) is 11.9 Å². The Kier molecular flexibility index (Phi) is 3.40. The maximum atomic E-state index is 13.1. The Bertz CT molecular complexity index is 869. The van der Waals surface area contributed by atoms with Gasteiger partial charge in [0, 0.05) is 22.8 Å². The first-order valence-corrected chi connectivity index (χ1v) is 8.07. The Morgan fingerprint density at radius 2 is 1.78 bits per heavy atom. The number of thioether (sulfide) groups is 1. The second-order valence-corrected chi connectivity index (χ2v) is 7.08. The van der Waals surface area contributed by atoms with Gasteiger partial charge < -0.3 is 16.4 Å². The highest BCUT2D eigenvalue weighted by Crippen LogP contribution is 2.55. The highest BCUT2D eigenvalue weighted by atomic mass is 79.9. The molecule has 2 aliphatic heterocycles. The normalized spacial score (nSPS) is 19.0. The molecule has 2 aliphatic rings. The molecule has 0 bridgehead atoms. The molecule has 23 heavy (non-hydrogen) atoms. The molecule has 1 aromatic rings. The molecular weight excluding hydrogens is 378 g/mol. The minimum Gasteiger partial charge on any atom is -0.392 e. The molecule has 6 nitrogen and oxygen atoms in total. The number of likely N-dealkylation sites (N-methyl/N-ethyl adjacent to an activating group) is 1. The van der Waals surface area contributed by atoms with Gasteiger partial charge in [-0.1, -0.05) is 27.7 Å². The lowest BCUT2D eigenvalue weighted by Gasteiger charge is -2.32. The van der Waals surface area contributed by atoms with Gasteiger partial charge in [-0.05, 0) is 18.2 Å². The van der Waals surface area contributed by atoms with E-state index in [1.807, 2.05) is 12.1 Å². The van der Waals surface area contributed by atoms with Gasteiger partial charge in [0.2, 0.25) is 5.91 Å². The Labute approximate surface area is 145 Å². The minimum atomic E-state index is -1.57. The fourth-order valence-corrected chi connectivity index (χ4v) is 4.25. The Balaban J connectivity index is 2.51. The van der Waals surface area contributed by atoms with E-state index in [9.17, 15) is 15.3 Å². The average Bonchev–Trinajstić information content (AvgIpc) is 2.71. The number of hydrogen-bond acceptors (Lipinski definition) is 6. The van der Waals surface area contributed by atoms with E-state index < -0.39 is 11.3 Å². The maximum absolute atomic E-state index is 13.1. The number of fused-ring (bicyclic) bond motifs is 2. The number of amides is 1. The van der Waals surface area contributed by atoms with Crippen LogP contribution in [0.15, 0.2) is 43.9 Å². The van der Waals surface area contributed by atoms with E-state index in [2.05, 4.69) is 15.9 Å². The van der Waals surface area contributed by atoms with Crippen molar-refractivity contribution in [2.45, 2.75) is 5.41 Å². The van der Waals surface area contributed by atoms with E-state index in [1.54, 1.807) is 25.2 Å². The van der Waals surface area contributed by atoms with Crippen molar-refractivity contribution in [1.82, 2.24) is 0 Å². The maximum Gasteiger partial charge on any atom is 0.248 e. The van der Waals surface area contributed by atoms with Crippen molar-refractivity contribution in [3.63, 3.8) is 0 Å². The molecular formula is C15H10BrN5OS. The predicted molar refractivity (Wildman–Crippen MR) is 90.5 cm³/mol. The monoisotopic (exact) mass is 387 g/mol. The molecule has 1 aromatic carbocycles. The van der Waals surface area contributed by atoms with Crippen molar-refractivity contribution in [2.24, 2.45) is 11.5 Å². The van der Waals surface area contributed by atoms with Gasteiger partial charge >= 0.3 is 0 Å². The molecule has 4 N–H and O–H groups in total. The van der Waals surface area contributed by atoms with E-state index in [0.29, 0.717) is 11.3 Å². The lowest BCUT2D eigenvalue weighted by Crippen LogP contribution is -2.44. The molecule has 0 unspecified atom stereocenters. The topological polar surface area (TPSA) is 120 Å². The molecule has 0 fully saturated rings. The summed E-state index contributed by atoms with van der Waals surface area (Å²) in [7, 11) is 1.60. The number of rotatable bonds is 0. The van der Waals surface area contributed by atoms with Crippen LogP contribution in [-0.2, 0) is 10.2 Å². The second-order valence-electron chi connectivity index (χ2n) is 5.08. The average molecular weight is 388 g/mol. The molecule has 2 heterocycles. The fourth-order valence-electron chi connectivity index (χ4n) is 3.05. The van der Waals surface area contributed by atoms with Gasteiger partial charge in [-0.25, -0.2) is 0 Å². The van der Waals surface area contributed by atoms with E-state index in [0.717, 1.165) is 16.2 Å². The summed E-state index contributed by atoms with van der Waals surface area (Å²) >= 11 is 4.31. The zero-order valence-corrected chi connectivity index (χ0v) is 14.3. The molecule has 0 saturated carbocycles. The summed E-state index contributed by atoms with van der Waals surface area (Å²) in [6, 6.07) is 9.29. The Morgan fingerprint density at radius 3 is 2.30 bits per heavy atom. The van der Waals surface area contributed by atoms with Gasteiger partial charge in [-0.3, -0.25) is 4.79 Å². The first-order valence-electron chi connectivity index (χ1n) is 6.46. The van der Waals surface area contributed by atoms with Crippen LogP contribution in [0.3, 0.4) is 0 Å². The van der Waals surface area contributed by atoms with Gasteiger partial charge in [-0.15, -0.1) is 0 Å². The third-order valence-corrected chi connectivity index (χ3v) is 5.38. The quantitative estimate of drug-likeness (QED) is 0.699. The molecule has 0 aromatic heterocycles. The van der Waals surface area contributed by atoms with Gasteiger partial charge in [0.1, 0.15) is 0 Å².